The van der Waals surface area contributed by atoms with Crippen molar-refractivity contribution in [2.24, 2.45) is 5.73 Å². The second kappa shape index (κ2) is 7.22. The summed E-state index contributed by atoms with van der Waals surface area (Å²) in [6.07, 6.45) is 2.15. The van der Waals surface area contributed by atoms with E-state index < -0.39 is 23.4 Å². The third-order valence-electron chi connectivity index (χ3n) is 6.79. The maximum absolute atomic E-state index is 14.3. The van der Waals surface area contributed by atoms with E-state index in [4.69, 9.17) is 15.9 Å². The molecular weight excluding hydrogens is 424 g/mol. The maximum atomic E-state index is 14.3. The molecule has 2 heterocycles. The molecule has 3 aromatic rings. The van der Waals surface area contributed by atoms with Gasteiger partial charge in [-0.05, 0) is 70.8 Å². The lowest BCUT2D eigenvalue weighted by Gasteiger charge is -2.18. The molecule has 6 rings (SSSR count). The Labute approximate surface area is 189 Å². The molecule has 0 aromatic heterocycles. The zero-order valence-corrected chi connectivity index (χ0v) is 17.6. The Morgan fingerprint density at radius 3 is 2.24 bits per heavy atom. The summed E-state index contributed by atoms with van der Waals surface area (Å²) < 4.78 is 34.8. The van der Waals surface area contributed by atoms with Crippen molar-refractivity contribution in [3.05, 3.63) is 105 Å². The molecule has 4 N–H and O–H groups in total. The van der Waals surface area contributed by atoms with Crippen molar-refractivity contribution in [2.75, 3.05) is 0 Å². The highest BCUT2D eigenvalue weighted by Gasteiger charge is 2.43. The topological polar surface area (TPSA) is 88.2 Å². The lowest BCUT2D eigenvalue weighted by atomic mass is 9.84. The lowest BCUT2D eigenvalue weighted by Crippen LogP contribution is -2.24. The Kier molecular flexibility index (Phi) is 4.39. The van der Waals surface area contributed by atoms with E-state index in [1.807, 2.05) is 12.1 Å². The van der Waals surface area contributed by atoms with Gasteiger partial charge < -0.3 is 15.8 Å². The Hall–Kier alpha value is -3.58. The SMILES string of the molecule is N=C(N)c1cc(F)c(CNC(=O)c2ccc3c(c2)[C@@H]2O[C@H]3c3ccc(C4CC4)cc32)c(F)c1. The number of nitrogens with one attached hydrogen (secondary N) is 2. The van der Waals surface area contributed by atoms with Gasteiger partial charge in [-0.2, -0.15) is 0 Å². The zero-order chi connectivity index (χ0) is 22.9. The number of carbonyl (C=O) groups is 1. The molecule has 0 spiro atoms. The van der Waals surface area contributed by atoms with Crippen molar-refractivity contribution in [1.82, 2.24) is 5.32 Å². The molecule has 0 radical (unpaired) electrons. The van der Waals surface area contributed by atoms with Gasteiger partial charge in [-0.25, -0.2) is 8.78 Å². The van der Waals surface area contributed by atoms with E-state index in [9.17, 15) is 13.6 Å². The van der Waals surface area contributed by atoms with Gasteiger partial charge in [-0.15, -0.1) is 0 Å². The van der Waals surface area contributed by atoms with Crippen LogP contribution in [0.3, 0.4) is 0 Å². The second-order valence-electron chi connectivity index (χ2n) is 8.92. The first-order chi connectivity index (χ1) is 15.9. The van der Waals surface area contributed by atoms with Gasteiger partial charge in [0.15, 0.2) is 0 Å². The highest BCUT2D eigenvalue weighted by Crippen LogP contribution is 2.55. The van der Waals surface area contributed by atoms with Crippen molar-refractivity contribution in [3.63, 3.8) is 0 Å². The average Bonchev–Trinajstić information content (AvgIpc) is 3.50. The molecule has 3 aromatic carbocycles. The number of halogens is 2. The smallest absolute Gasteiger partial charge is 0.251 e. The van der Waals surface area contributed by atoms with Gasteiger partial charge in [-0.3, -0.25) is 10.2 Å². The maximum Gasteiger partial charge on any atom is 0.251 e. The van der Waals surface area contributed by atoms with Crippen LogP contribution >= 0.6 is 0 Å². The van der Waals surface area contributed by atoms with Gasteiger partial charge >= 0.3 is 0 Å². The standard InChI is InChI=1S/C26H21F2N3O2/c27-21-9-15(25(29)30)10-22(28)20(21)11-31-26(32)14-4-6-17-19(8-14)24-18-7-13(12-1-2-12)3-5-16(18)23(17)33-24/h3-10,12,23-24H,1-2,11H2,(H3,29,30)(H,31,32)/t23-,24+/m0/s1. The van der Waals surface area contributed by atoms with Crippen LogP contribution in [0.4, 0.5) is 8.78 Å². The summed E-state index contributed by atoms with van der Waals surface area (Å²) in [5.41, 5.74) is 11.1. The number of benzene rings is 3. The number of nitrogen functional groups attached to an aromatic ring is 1. The van der Waals surface area contributed by atoms with E-state index >= 15 is 0 Å². The summed E-state index contributed by atoms with van der Waals surface area (Å²) >= 11 is 0. The molecule has 2 bridgehead atoms. The first kappa shape index (κ1) is 20.1. The van der Waals surface area contributed by atoms with Crippen LogP contribution in [-0.2, 0) is 11.3 Å². The molecule has 0 saturated heterocycles. The van der Waals surface area contributed by atoms with Crippen LogP contribution in [0.25, 0.3) is 0 Å². The molecule has 1 aliphatic carbocycles. The summed E-state index contributed by atoms with van der Waals surface area (Å²) in [6.45, 7) is -0.318. The molecule has 166 valence electrons. The number of hydrogen-bond acceptors (Lipinski definition) is 3. The highest BCUT2D eigenvalue weighted by atomic mass is 19.1. The Bertz CT molecular complexity index is 1330. The number of nitrogens with two attached hydrogens (primary N) is 1. The van der Waals surface area contributed by atoms with E-state index in [-0.39, 0.29) is 29.9 Å². The number of rotatable bonds is 5. The Morgan fingerprint density at radius 1 is 0.939 bits per heavy atom. The lowest BCUT2D eigenvalue weighted by molar-refractivity contribution is 0.0857. The van der Waals surface area contributed by atoms with Crippen LogP contribution in [-0.4, -0.2) is 11.7 Å². The van der Waals surface area contributed by atoms with Crippen molar-refractivity contribution in [3.8, 4) is 0 Å². The van der Waals surface area contributed by atoms with E-state index in [0.29, 0.717) is 11.5 Å². The number of amides is 1. The minimum atomic E-state index is -0.858. The fourth-order valence-electron chi connectivity index (χ4n) is 4.87. The molecule has 2 atom stereocenters. The van der Waals surface area contributed by atoms with Crippen molar-refractivity contribution < 1.29 is 18.3 Å². The summed E-state index contributed by atoms with van der Waals surface area (Å²) in [4.78, 5) is 12.8. The van der Waals surface area contributed by atoms with Crippen LogP contribution in [0.2, 0.25) is 0 Å². The number of amidine groups is 1. The Balaban J connectivity index is 1.23. The number of carbonyl (C=O) groups excluding carboxylic acids is 1. The summed E-state index contributed by atoms with van der Waals surface area (Å²) in [5.74, 6) is -1.92. The van der Waals surface area contributed by atoms with E-state index in [1.165, 1.54) is 29.5 Å². The van der Waals surface area contributed by atoms with Gasteiger partial charge in [0.25, 0.3) is 5.91 Å². The third-order valence-corrected chi connectivity index (χ3v) is 6.79. The second-order valence-corrected chi connectivity index (χ2v) is 8.92. The zero-order valence-electron chi connectivity index (χ0n) is 17.6. The van der Waals surface area contributed by atoms with Crippen LogP contribution in [0, 0.1) is 17.0 Å². The van der Waals surface area contributed by atoms with Crippen LogP contribution < -0.4 is 11.1 Å². The van der Waals surface area contributed by atoms with Crippen molar-refractivity contribution in [1.29, 1.82) is 5.41 Å². The monoisotopic (exact) mass is 445 g/mol. The molecule has 5 nitrogen and oxygen atoms in total. The molecular formula is C26H21F2N3O2. The summed E-state index contributed by atoms with van der Waals surface area (Å²) in [7, 11) is 0. The fraction of sp³-hybridized carbons (Fsp3) is 0.231. The summed E-state index contributed by atoms with van der Waals surface area (Å²) in [6, 6.07) is 14.0. The highest BCUT2D eigenvalue weighted by molar-refractivity contribution is 5.95. The molecule has 1 saturated carbocycles. The molecule has 1 amide bonds. The molecule has 2 aliphatic heterocycles. The quantitative estimate of drug-likeness (QED) is 0.397. The van der Waals surface area contributed by atoms with Gasteiger partial charge in [-0.1, -0.05) is 24.3 Å². The van der Waals surface area contributed by atoms with Gasteiger partial charge in [0, 0.05) is 23.2 Å². The fourth-order valence-corrected chi connectivity index (χ4v) is 4.87. The van der Waals surface area contributed by atoms with Gasteiger partial charge in [0.1, 0.15) is 29.7 Å². The third kappa shape index (κ3) is 3.23. The first-order valence-electron chi connectivity index (χ1n) is 10.9. The predicted molar refractivity (Wildman–Crippen MR) is 118 cm³/mol. The largest absolute Gasteiger partial charge is 0.384 e. The molecule has 7 heteroatoms. The minimum Gasteiger partial charge on any atom is -0.384 e. The normalized spacial score (nSPS) is 19.8. The van der Waals surface area contributed by atoms with E-state index in [1.54, 1.807) is 6.07 Å². The number of hydrogen-bond donors (Lipinski definition) is 3. The minimum absolute atomic E-state index is 0.0427. The molecule has 33 heavy (non-hydrogen) atoms. The molecule has 0 unspecified atom stereocenters. The van der Waals surface area contributed by atoms with Crippen molar-refractivity contribution in [2.45, 2.75) is 37.5 Å². The molecule has 1 fully saturated rings. The van der Waals surface area contributed by atoms with Crippen LogP contribution in [0.15, 0.2) is 48.5 Å². The van der Waals surface area contributed by atoms with E-state index in [0.717, 1.165) is 23.3 Å². The number of ether oxygens (including phenoxy) is 1. The number of fused-ring (bicyclic) bond motifs is 8. The van der Waals surface area contributed by atoms with Crippen LogP contribution in [0.1, 0.15) is 80.3 Å². The predicted octanol–water partition coefficient (Wildman–Crippen LogP) is 4.58. The summed E-state index contributed by atoms with van der Waals surface area (Å²) in [5, 5.41) is 9.91. The van der Waals surface area contributed by atoms with Gasteiger partial charge in [0.2, 0.25) is 0 Å². The van der Waals surface area contributed by atoms with E-state index in [2.05, 4.69) is 23.5 Å². The Morgan fingerprint density at radius 2 is 1.58 bits per heavy atom. The average molecular weight is 445 g/mol. The first-order valence-corrected chi connectivity index (χ1v) is 10.9. The van der Waals surface area contributed by atoms with Crippen molar-refractivity contribution >= 4 is 11.7 Å². The van der Waals surface area contributed by atoms with Gasteiger partial charge in [0.05, 0.1) is 0 Å². The molecule has 3 aliphatic rings. The van der Waals surface area contributed by atoms with Crippen LogP contribution in [0.5, 0.6) is 0 Å².